The predicted molar refractivity (Wildman–Crippen MR) is 75.2 cm³/mol. The Kier molecular flexibility index (Phi) is 2.83. The molecule has 2 N–H and O–H groups in total. The largest absolute Gasteiger partial charge is 0.321 e. The molecule has 1 fully saturated rings. The molecule has 2 unspecified atom stereocenters. The zero-order valence-electron chi connectivity index (χ0n) is 10.9. The van der Waals surface area contributed by atoms with Crippen molar-refractivity contribution in [3.63, 3.8) is 0 Å². The summed E-state index contributed by atoms with van der Waals surface area (Å²) in [6, 6.07) is 10.6. The van der Waals surface area contributed by atoms with Crippen LogP contribution in [0, 0.1) is 5.92 Å². The molecule has 94 valence electrons. The molecule has 0 saturated heterocycles. The van der Waals surface area contributed by atoms with Crippen molar-refractivity contribution in [2.24, 2.45) is 11.7 Å². The van der Waals surface area contributed by atoms with Crippen LogP contribution in [0.25, 0.3) is 10.9 Å². The number of nitrogens with zero attached hydrogens (tertiary/aromatic N) is 1. The second kappa shape index (κ2) is 4.36. The standard InChI is InChI=1S/C16H20N2/c1-12-4-2-8-16(17,11-12)14-6-7-15-13(10-14)5-3-9-18-15/h3,5-7,9-10,12H,2,4,8,11,17H2,1H3. The lowest BCUT2D eigenvalue weighted by Crippen LogP contribution is -2.40. The van der Waals surface area contributed by atoms with Gasteiger partial charge in [-0.05, 0) is 42.5 Å². The summed E-state index contributed by atoms with van der Waals surface area (Å²) >= 11 is 0. The van der Waals surface area contributed by atoms with E-state index < -0.39 is 0 Å². The number of hydrogen-bond donors (Lipinski definition) is 1. The minimum atomic E-state index is -0.137. The molecule has 2 heteroatoms. The SMILES string of the molecule is CC1CCCC(N)(c2ccc3ncccc3c2)C1. The van der Waals surface area contributed by atoms with E-state index in [-0.39, 0.29) is 5.54 Å². The highest BCUT2D eigenvalue weighted by atomic mass is 14.8. The maximum Gasteiger partial charge on any atom is 0.0702 e. The number of fused-ring (bicyclic) bond motifs is 1. The summed E-state index contributed by atoms with van der Waals surface area (Å²) in [5.74, 6) is 0.730. The highest BCUT2D eigenvalue weighted by molar-refractivity contribution is 5.79. The van der Waals surface area contributed by atoms with E-state index in [1.807, 2.05) is 12.3 Å². The Bertz CT molecular complexity index is 564. The summed E-state index contributed by atoms with van der Waals surface area (Å²) in [6.07, 6.45) is 6.58. The van der Waals surface area contributed by atoms with Crippen LogP contribution in [-0.2, 0) is 5.54 Å². The topological polar surface area (TPSA) is 38.9 Å². The molecule has 3 rings (SSSR count). The first-order chi connectivity index (χ1) is 8.67. The fourth-order valence-corrected chi connectivity index (χ4v) is 3.24. The van der Waals surface area contributed by atoms with E-state index in [4.69, 9.17) is 5.73 Å². The second-order valence-electron chi connectivity index (χ2n) is 5.77. The Morgan fingerprint density at radius 3 is 3.06 bits per heavy atom. The van der Waals surface area contributed by atoms with Gasteiger partial charge < -0.3 is 5.73 Å². The minimum Gasteiger partial charge on any atom is -0.321 e. The molecule has 2 nitrogen and oxygen atoms in total. The number of rotatable bonds is 1. The van der Waals surface area contributed by atoms with Crippen molar-refractivity contribution in [2.75, 3.05) is 0 Å². The Balaban J connectivity index is 2.02. The van der Waals surface area contributed by atoms with Crippen molar-refractivity contribution in [2.45, 2.75) is 38.1 Å². The van der Waals surface area contributed by atoms with E-state index in [9.17, 15) is 0 Å². The average molecular weight is 240 g/mol. The summed E-state index contributed by atoms with van der Waals surface area (Å²) in [7, 11) is 0. The van der Waals surface area contributed by atoms with Crippen molar-refractivity contribution in [3.8, 4) is 0 Å². The molecular formula is C16H20N2. The van der Waals surface area contributed by atoms with Gasteiger partial charge in [0.15, 0.2) is 0 Å². The summed E-state index contributed by atoms with van der Waals surface area (Å²) in [4.78, 5) is 4.36. The van der Waals surface area contributed by atoms with Gasteiger partial charge in [-0.2, -0.15) is 0 Å². The first-order valence-corrected chi connectivity index (χ1v) is 6.81. The number of benzene rings is 1. The third-order valence-electron chi connectivity index (χ3n) is 4.21. The Hall–Kier alpha value is -1.41. The fraction of sp³-hybridized carbons (Fsp3) is 0.438. The average Bonchev–Trinajstić information content (AvgIpc) is 2.38. The van der Waals surface area contributed by atoms with Gasteiger partial charge >= 0.3 is 0 Å². The second-order valence-corrected chi connectivity index (χ2v) is 5.77. The van der Waals surface area contributed by atoms with Crippen molar-refractivity contribution in [1.82, 2.24) is 4.98 Å². The van der Waals surface area contributed by atoms with Gasteiger partial charge in [-0.3, -0.25) is 4.98 Å². The van der Waals surface area contributed by atoms with Crippen molar-refractivity contribution in [1.29, 1.82) is 0 Å². The van der Waals surface area contributed by atoms with Crippen LogP contribution in [-0.4, -0.2) is 4.98 Å². The quantitative estimate of drug-likeness (QED) is 0.827. The molecule has 2 atom stereocenters. The van der Waals surface area contributed by atoms with Gasteiger partial charge in [0.05, 0.1) is 5.52 Å². The predicted octanol–water partition coefficient (Wildman–Crippen LogP) is 3.60. The first kappa shape index (κ1) is 11.7. The molecule has 0 amide bonds. The molecular weight excluding hydrogens is 220 g/mol. The number of pyridine rings is 1. The van der Waals surface area contributed by atoms with E-state index >= 15 is 0 Å². The third kappa shape index (κ3) is 2.01. The van der Waals surface area contributed by atoms with Crippen LogP contribution in [0.1, 0.15) is 38.2 Å². The maximum absolute atomic E-state index is 6.64. The van der Waals surface area contributed by atoms with Crippen molar-refractivity contribution < 1.29 is 0 Å². The monoisotopic (exact) mass is 240 g/mol. The van der Waals surface area contributed by atoms with Crippen LogP contribution >= 0.6 is 0 Å². The van der Waals surface area contributed by atoms with Crippen LogP contribution in [0.5, 0.6) is 0 Å². The lowest BCUT2D eigenvalue weighted by Gasteiger charge is -2.37. The number of nitrogens with two attached hydrogens (primary N) is 1. The molecule has 0 bridgehead atoms. The van der Waals surface area contributed by atoms with Crippen LogP contribution in [0.3, 0.4) is 0 Å². The molecule has 0 radical (unpaired) electrons. The molecule has 1 aliphatic rings. The molecule has 1 aromatic carbocycles. The van der Waals surface area contributed by atoms with Gasteiger partial charge in [0.2, 0.25) is 0 Å². The lowest BCUT2D eigenvalue weighted by molar-refractivity contribution is 0.239. The summed E-state index contributed by atoms with van der Waals surface area (Å²) in [5, 5.41) is 1.19. The Labute approximate surface area is 108 Å². The molecule has 18 heavy (non-hydrogen) atoms. The van der Waals surface area contributed by atoms with Gasteiger partial charge in [0, 0.05) is 17.1 Å². The van der Waals surface area contributed by atoms with Gasteiger partial charge in [0.25, 0.3) is 0 Å². The van der Waals surface area contributed by atoms with E-state index in [1.165, 1.54) is 23.8 Å². The summed E-state index contributed by atoms with van der Waals surface area (Å²) < 4.78 is 0. The zero-order chi connectivity index (χ0) is 12.6. The molecule has 2 aromatic rings. The van der Waals surface area contributed by atoms with Crippen molar-refractivity contribution >= 4 is 10.9 Å². The highest BCUT2D eigenvalue weighted by Gasteiger charge is 2.32. The van der Waals surface area contributed by atoms with Gasteiger partial charge in [-0.1, -0.05) is 31.9 Å². The van der Waals surface area contributed by atoms with Crippen LogP contribution in [0.4, 0.5) is 0 Å². The summed E-state index contributed by atoms with van der Waals surface area (Å²) in [5.41, 5.74) is 8.83. The van der Waals surface area contributed by atoms with E-state index in [0.717, 1.165) is 24.3 Å². The van der Waals surface area contributed by atoms with E-state index in [2.05, 4.69) is 36.2 Å². The third-order valence-corrected chi connectivity index (χ3v) is 4.21. The molecule has 0 aliphatic heterocycles. The zero-order valence-corrected chi connectivity index (χ0v) is 10.9. The van der Waals surface area contributed by atoms with E-state index in [0.29, 0.717) is 0 Å². The van der Waals surface area contributed by atoms with Crippen molar-refractivity contribution in [3.05, 3.63) is 42.1 Å². The van der Waals surface area contributed by atoms with Gasteiger partial charge in [0.1, 0.15) is 0 Å². The molecule has 0 spiro atoms. The van der Waals surface area contributed by atoms with Crippen LogP contribution in [0.15, 0.2) is 36.5 Å². The lowest BCUT2D eigenvalue weighted by atomic mass is 9.73. The summed E-state index contributed by atoms with van der Waals surface area (Å²) in [6.45, 7) is 2.31. The normalized spacial score (nSPS) is 28.4. The molecule has 1 heterocycles. The smallest absolute Gasteiger partial charge is 0.0702 e. The Morgan fingerprint density at radius 1 is 1.33 bits per heavy atom. The highest BCUT2D eigenvalue weighted by Crippen LogP contribution is 2.38. The molecule has 1 aliphatic carbocycles. The Morgan fingerprint density at radius 2 is 2.22 bits per heavy atom. The minimum absolute atomic E-state index is 0.137. The van der Waals surface area contributed by atoms with Gasteiger partial charge in [-0.15, -0.1) is 0 Å². The first-order valence-electron chi connectivity index (χ1n) is 6.81. The van der Waals surface area contributed by atoms with Crippen LogP contribution in [0.2, 0.25) is 0 Å². The van der Waals surface area contributed by atoms with E-state index in [1.54, 1.807) is 0 Å². The van der Waals surface area contributed by atoms with Gasteiger partial charge in [-0.25, -0.2) is 0 Å². The number of aromatic nitrogens is 1. The number of hydrogen-bond acceptors (Lipinski definition) is 2. The fourth-order valence-electron chi connectivity index (χ4n) is 3.24. The molecule has 1 aromatic heterocycles. The van der Waals surface area contributed by atoms with Crippen LogP contribution < -0.4 is 5.73 Å². The molecule has 1 saturated carbocycles. The maximum atomic E-state index is 6.64.